The number of nitrogens with one attached hydrogen (secondary N) is 2. The number of guanidine groups is 1. The fourth-order valence-electron chi connectivity index (χ4n) is 2.77. The minimum Gasteiger partial charge on any atom is -0.493 e. The molecule has 1 heterocycles. The monoisotopic (exact) mass is 340 g/mol. The van der Waals surface area contributed by atoms with Crippen LogP contribution in [0.25, 0.3) is 0 Å². The summed E-state index contributed by atoms with van der Waals surface area (Å²) in [6, 6.07) is 14.6. The first kappa shape index (κ1) is 16.8. The van der Waals surface area contributed by atoms with E-state index in [9.17, 15) is 10.1 Å². The number of benzene rings is 2. The number of aliphatic imine (C=N–C) groups is 1. The van der Waals surface area contributed by atoms with Gasteiger partial charge in [0.1, 0.15) is 5.75 Å². The Labute approximate surface area is 145 Å². The van der Waals surface area contributed by atoms with Crippen molar-refractivity contribution in [1.82, 2.24) is 10.6 Å². The van der Waals surface area contributed by atoms with E-state index < -0.39 is 4.92 Å². The Morgan fingerprint density at radius 1 is 1.28 bits per heavy atom. The van der Waals surface area contributed by atoms with Gasteiger partial charge in [-0.05, 0) is 11.6 Å². The summed E-state index contributed by atoms with van der Waals surface area (Å²) in [5, 5.41) is 17.4. The van der Waals surface area contributed by atoms with E-state index >= 15 is 0 Å². The van der Waals surface area contributed by atoms with E-state index in [0.717, 1.165) is 23.3 Å². The Bertz CT molecular complexity index is 774. The van der Waals surface area contributed by atoms with Crippen molar-refractivity contribution in [2.45, 2.75) is 19.0 Å². The highest BCUT2D eigenvalue weighted by Gasteiger charge is 2.21. The summed E-state index contributed by atoms with van der Waals surface area (Å²) in [6.45, 7) is 1.19. The molecule has 0 bridgehead atoms. The van der Waals surface area contributed by atoms with E-state index in [1.54, 1.807) is 19.2 Å². The zero-order valence-corrected chi connectivity index (χ0v) is 13.9. The van der Waals surface area contributed by atoms with Crippen LogP contribution in [-0.2, 0) is 6.54 Å². The third kappa shape index (κ3) is 4.06. The minimum absolute atomic E-state index is 0.0880. The lowest BCUT2D eigenvalue weighted by atomic mass is 10.0. The molecule has 7 nitrogen and oxygen atoms in total. The molecule has 2 aromatic rings. The van der Waals surface area contributed by atoms with Gasteiger partial charge in [0, 0.05) is 37.7 Å². The number of hydrogen-bond acceptors (Lipinski definition) is 4. The molecule has 0 aliphatic carbocycles. The predicted octanol–water partition coefficient (Wildman–Crippen LogP) is 2.78. The van der Waals surface area contributed by atoms with Gasteiger partial charge in [0.25, 0.3) is 5.69 Å². The standard InChI is InChI=1S/C18H20N4O3/c1-19-18(20-12-13-6-8-14(9-7-13)22(23)24)21-16-10-11-25-17-5-3-2-4-15(16)17/h2-9,16H,10-12H2,1H3,(H2,19,20,21). The molecule has 25 heavy (non-hydrogen) atoms. The third-order valence-electron chi connectivity index (χ3n) is 4.10. The largest absolute Gasteiger partial charge is 0.493 e. The molecule has 0 radical (unpaired) electrons. The first-order valence-corrected chi connectivity index (χ1v) is 8.09. The van der Waals surface area contributed by atoms with Crippen molar-refractivity contribution < 1.29 is 9.66 Å². The van der Waals surface area contributed by atoms with E-state index in [-0.39, 0.29) is 11.7 Å². The van der Waals surface area contributed by atoms with Crippen LogP contribution in [0.3, 0.4) is 0 Å². The lowest BCUT2D eigenvalue weighted by Gasteiger charge is -2.28. The smallest absolute Gasteiger partial charge is 0.269 e. The Morgan fingerprint density at radius 2 is 2.04 bits per heavy atom. The summed E-state index contributed by atoms with van der Waals surface area (Å²) in [4.78, 5) is 14.6. The van der Waals surface area contributed by atoms with Crippen LogP contribution in [0.4, 0.5) is 5.69 Å². The van der Waals surface area contributed by atoms with E-state index in [0.29, 0.717) is 19.1 Å². The minimum atomic E-state index is -0.402. The topological polar surface area (TPSA) is 88.8 Å². The van der Waals surface area contributed by atoms with Crippen molar-refractivity contribution in [2.24, 2.45) is 4.99 Å². The molecule has 2 N–H and O–H groups in total. The molecule has 0 amide bonds. The zero-order chi connectivity index (χ0) is 17.6. The number of non-ortho nitro benzene ring substituents is 1. The summed E-state index contributed by atoms with van der Waals surface area (Å²) >= 11 is 0. The van der Waals surface area contributed by atoms with Crippen molar-refractivity contribution in [1.29, 1.82) is 0 Å². The molecule has 1 unspecified atom stereocenters. The average molecular weight is 340 g/mol. The Balaban J connectivity index is 1.61. The highest BCUT2D eigenvalue weighted by molar-refractivity contribution is 5.80. The highest BCUT2D eigenvalue weighted by Crippen LogP contribution is 2.31. The maximum absolute atomic E-state index is 10.7. The fourth-order valence-corrected chi connectivity index (χ4v) is 2.77. The van der Waals surface area contributed by atoms with Crippen LogP contribution in [0, 0.1) is 10.1 Å². The van der Waals surface area contributed by atoms with E-state index in [4.69, 9.17) is 4.74 Å². The second kappa shape index (κ2) is 7.65. The van der Waals surface area contributed by atoms with Crippen LogP contribution in [0.5, 0.6) is 5.75 Å². The van der Waals surface area contributed by atoms with Gasteiger partial charge in [-0.3, -0.25) is 15.1 Å². The lowest BCUT2D eigenvalue weighted by molar-refractivity contribution is -0.384. The van der Waals surface area contributed by atoms with Gasteiger partial charge in [-0.25, -0.2) is 0 Å². The normalized spacial score (nSPS) is 16.5. The fraction of sp³-hybridized carbons (Fsp3) is 0.278. The van der Waals surface area contributed by atoms with Crippen molar-refractivity contribution in [3.8, 4) is 5.75 Å². The van der Waals surface area contributed by atoms with Gasteiger partial charge in [-0.15, -0.1) is 0 Å². The summed E-state index contributed by atoms with van der Waals surface area (Å²) in [6.07, 6.45) is 0.856. The number of ether oxygens (including phenoxy) is 1. The molecule has 0 saturated heterocycles. The SMILES string of the molecule is CN=C(NCc1ccc([N+](=O)[O-])cc1)NC1CCOc2ccccc21. The third-order valence-corrected chi connectivity index (χ3v) is 4.10. The summed E-state index contributed by atoms with van der Waals surface area (Å²) in [7, 11) is 1.72. The number of nitro groups is 1. The molecule has 0 fully saturated rings. The number of fused-ring (bicyclic) bond motifs is 1. The van der Waals surface area contributed by atoms with Crippen LogP contribution < -0.4 is 15.4 Å². The van der Waals surface area contributed by atoms with Gasteiger partial charge < -0.3 is 15.4 Å². The second-order valence-corrected chi connectivity index (χ2v) is 5.72. The second-order valence-electron chi connectivity index (χ2n) is 5.72. The highest BCUT2D eigenvalue weighted by atomic mass is 16.6. The van der Waals surface area contributed by atoms with E-state index in [1.807, 2.05) is 18.2 Å². The quantitative estimate of drug-likeness (QED) is 0.387. The predicted molar refractivity (Wildman–Crippen MR) is 95.7 cm³/mol. The van der Waals surface area contributed by atoms with Gasteiger partial charge in [0.2, 0.25) is 0 Å². The number of hydrogen-bond donors (Lipinski definition) is 2. The van der Waals surface area contributed by atoms with Crippen LogP contribution in [0.2, 0.25) is 0 Å². The molecule has 0 spiro atoms. The Hall–Kier alpha value is -3.09. The molecule has 1 aliphatic rings. The van der Waals surface area contributed by atoms with Crippen LogP contribution >= 0.6 is 0 Å². The number of nitrogens with zero attached hydrogens (tertiary/aromatic N) is 2. The van der Waals surface area contributed by atoms with Gasteiger partial charge >= 0.3 is 0 Å². The van der Waals surface area contributed by atoms with Crippen LogP contribution in [0.1, 0.15) is 23.6 Å². The number of rotatable bonds is 4. The molecular formula is C18H20N4O3. The molecule has 1 atom stereocenters. The maximum Gasteiger partial charge on any atom is 0.269 e. The number of para-hydroxylation sites is 1. The summed E-state index contributed by atoms with van der Waals surface area (Å²) < 4.78 is 5.67. The maximum atomic E-state index is 10.7. The van der Waals surface area contributed by atoms with E-state index in [2.05, 4.69) is 21.7 Å². The molecule has 0 saturated carbocycles. The van der Waals surface area contributed by atoms with E-state index in [1.165, 1.54) is 12.1 Å². The van der Waals surface area contributed by atoms with Crippen molar-refractivity contribution in [3.05, 3.63) is 69.8 Å². The van der Waals surface area contributed by atoms with Gasteiger partial charge in [0.05, 0.1) is 17.6 Å². The summed E-state index contributed by atoms with van der Waals surface area (Å²) in [5.74, 6) is 1.58. The lowest BCUT2D eigenvalue weighted by Crippen LogP contribution is -2.40. The van der Waals surface area contributed by atoms with Crippen molar-refractivity contribution >= 4 is 11.6 Å². The molecule has 0 aromatic heterocycles. The van der Waals surface area contributed by atoms with Gasteiger partial charge in [-0.1, -0.05) is 30.3 Å². The zero-order valence-electron chi connectivity index (χ0n) is 13.9. The first-order valence-electron chi connectivity index (χ1n) is 8.09. The molecule has 2 aromatic carbocycles. The van der Waals surface area contributed by atoms with Crippen LogP contribution in [0.15, 0.2) is 53.5 Å². The molecule has 3 rings (SSSR count). The van der Waals surface area contributed by atoms with Crippen LogP contribution in [-0.4, -0.2) is 24.5 Å². The Kier molecular flexibility index (Phi) is 5.13. The molecule has 130 valence electrons. The molecule has 7 heteroatoms. The van der Waals surface area contributed by atoms with Gasteiger partial charge in [0.15, 0.2) is 5.96 Å². The molecular weight excluding hydrogens is 320 g/mol. The molecule has 1 aliphatic heterocycles. The summed E-state index contributed by atoms with van der Waals surface area (Å²) in [5.41, 5.74) is 2.15. The van der Waals surface area contributed by atoms with Crippen molar-refractivity contribution in [2.75, 3.05) is 13.7 Å². The van der Waals surface area contributed by atoms with Crippen molar-refractivity contribution in [3.63, 3.8) is 0 Å². The average Bonchev–Trinajstić information content (AvgIpc) is 2.65. The number of nitro benzene ring substituents is 1. The first-order chi connectivity index (χ1) is 12.2. The Morgan fingerprint density at radius 3 is 2.76 bits per heavy atom. The van der Waals surface area contributed by atoms with Gasteiger partial charge in [-0.2, -0.15) is 0 Å².